The number of para-hydroxylation sites is 1. The van der Waals surface area contributed by atoms with E-state index in [-0.39, 0.29) is 16.5 Å². The van der Waals surface area contributed by atoms with Gasteiger partial charge in [-0.15, -0.1) is 0 Å². The number of carbonyl (C=O) groups is 1. The molecule has 29 heavy (non-hydrogen) atoms. The zero-order chi connectivity index (χ0) is 20.2. The molecule has 0 spiro atoms. The lowest BCUT2D eigenvalue weighted by molar-refractivity contribution is -0.385. The summed E-state index contributed by atoms with van der Waals surface area (Å²) in [5, 5.41) is 14.1. The first-order valence-electron chi connectivity index (χ1n) is 9.98. The highest BCUT2D eigenvalue weighted by Gasteiger charge is 2.24. The SMILES string of the molecule is O=C(NCC1CC1)c1coc(CN2CCN(Cc3ccccc3[N+](=O)[O-])CC2)n1. The van der Waals surface area contributed by atoms with Crippen LogP contribution in [0.2, 0.25) is 0 Å². The maximum absolute atomic E-state index is 12.1. The number of carbonyl (C=O) groups excluding carboxylic acids is 1. The Kier molecular flexibility index (Phi) is 5.86. The zero-order valence-corrected chi connectivity index (χ0v) is 16.2. The van der Waals surface area contributed by atoms with Gasteiger partial charge in [0, 0.05) is 50.9 Å². The van der Waals surface area contributed by atoms with E-state index < -0.39 is 0 Å². The number of hydrogen-bond acceptors (Lipinski definition) is 7. The summed E-state index contributed by atoms with van der Waals surface area (Å²) in [5.41, 5.74) is 1.23. The minimum atomic E-state index is -0.327. The molecule has 9 heteroatoms. The van der Waals surface area contributed by atoms with Crippen LogP contribution in [-0.4, -0.2) is 58.3 Å². The molecule has 1 saturated carbocycles. The van der Waals surface area contributed by atoms with Crippen molar-refractivity contribution in [3.05, 3.63) is 57.8 Å². The number of oxazole rings is 1. The molecule has 1 aliphatic heterocycles. The van der Waals surface area contributed by atoms with Crippen molar-refractivity contribution in [3.63, 3.8) is 0 Å². The number of nitrogens with zero attached hydrogens (tertiary/aromatic N) is 4. The highest BCUT2D eigenvalue weighted by atomic mass is 16.6. The van der Waals surface area contributed by atoms with E-state index in [9.17, 15) is 14.9 Å². The molecule has 1 saturated heterocycles. The van der Waals surface area contributed by atoms with E-state index in [2.05, 4.69) is 20.1 Å². The smallest absolute Gasteiger partial charge is 0.273 e. The molecule has 2 heterocycles. The molecule has 0 atom stereocenters. The Balaban J connectivity index is 1.25. The number of rotatable bonds is 8. The van der Waals surface area contributed by atoms with Gasteiger partial charge in [-0.05, 0) is 18.8 Å². The fraction of sp³-hybridized carbons (Fsp3) is 0.500. The van der Waals surface area contributed by atoms with Gasteiger partial charge >= 0.3 is 0 Å². The predicted molar refractivity (Wildman–Crippen MR) is 105 cm³/mol. The van der Waals surface area contributed by atoms with E-state index >= 15 is 0 Å². The van der Waals surface area contributed by atoms with Crippen LogP contribution in [0.5, 0.6) is 0 Å². The molecule has 0 radical (unpaired) electrons. The Morgan fingerprint density at radius 1 is 1.17 bits per heavy atom. The standard InChI is InChI=1S/C20H25N5O4/c26-20(21-11-15-5-6-15)17-14-29-19(22-17)13-24-9-7-23(8-10-24)12-16-3-1-2-4-18(16)25(27)28/h1-4,14-15H,5-13H2,(H,21,26). The van der Waals surface area contributed by atoms with E-state index in [1.54, 1.807) is 12.1 Å². The van der Waals surface area contributed by atoms with Crippen LogP contribution in [0.25, 0.3) is 0 Å². The first kappa shape index (κ1) is 19.5. The third-order valence-corrected chi connectivity index (χ3v) is 5.44. The normalized spacial score (nSPS) is 17.9. The predicted octanol–water partition coefficient (Wildman–Crippen LogP) is 2.04. The molecule has 1 aliphatic carbocycles. The van der Waals surface area contributed by atoms with E-state index in [0.29, 0.717) is 37.1 Å². The number of nitro groups is 1. The first-order valence-corrected chi connectivity index (χ1v) is 9.98. The number of nitro benzene ring substituents is 1. The molecular weight excluding hydrogens is 374 g/mol. The zero-order valence-electron chi connectivity index (χ0n) is 16.2. The third kappa shape index (κ3) is 5.18. The van der Waals surface area contributed by atoms with Gasteiger partial charge in [0.2, 0.25) is 5.89 Å². The second-order valence-corrected chi connectivity index (χ2v) is 7.72. The average Bonchev–Trinajstić information content (AvgIpc) is 3.44. The molecule has 2 fully saturated rings. The highest BCUT2D eigenvalue weighted by Crippen LogP contribution is 2.27. The van der Waals surface area contributed by atoms with Crippen molar-refractivity contribution in [2.45, 2.75) is 25.9 Å². The molecule has 2 aromatic rings. The van der Waals surface area contributed by atoms with Crippen molar-refractivity contribution >= 4 is 11.6 Å². The molecule has 9 nitrogen and oxygen atoms in total. The molecule has 1 aromatic heterocycles. The summed E-state index contributed by atoms with van der Waals surface area (Å²) < 4.78 is 5.47. The maximum atomic E-state index is 12.1. The van der Waals surface area contributed by atoms with Gasteiger partial charge in [0.25, 0.3) is 11.6 Å². The van der Waals surface area contributed by atoms with Crippen molar-refractivity contribution in [3.8, 4) is 0 Å². The number of nitrogens with one attached hydrogen (secondary N) is 1. The Morgan fingerprint density at radius 2 is 1.86 bits per heavy atom. The molecule has 0 unspecified atom stereocenters. The Bertz CT molecular complexity index is 871. The first-order chi connectivity index (χ1) is 14.1. The van der Waals surface area contributed by atoms with Crippen LogP contribution < -0.4 is 5.32 Å². The summed E-state index contributed by atoms with van der Waals surface area (Å²) >= 11 is 0. The van der Waals surface area contributed by atoms with Gasteiger partial charge in [-0.1, -0.05) is 18.2 Å². The summed E-state index contributed by atoms with van der Waals surface area (Å²) in [6, 6.07) is 6.88. The van der Waals surface area contributed by atoms with Crippen molar-refractivity contribution < 1.29 is 14.1 Å². The molecule has 0 bridgehead atoms. The summed E-state index contributed by atoms with van der Waals surface area (Å²) in [7, 11) is 0. The lowest BCUT2D eigenvalue weighted by Crippen LogP contribution is -2.45. The van der Waals surface area contributed by atoms with E-state index in [4.69, 9.17) is 4.42 Å². The summed E-state index contributed by atoms with van der Waals surface area (Å²) in [6.07, 6.45) is 3.80. The highest BCUT2D eigenvalue weighted by molar-refractivity contribution is 5.91. The molecule has 1 amide bonds. The maximum Gasteiger partial charge on any atom is 0.273 e. The van der Waals surface area contributed by atoms with Crippen LogP contribution in [0.4, 0.5) is 5.69 Å². The van der Waals surface area contributed by atoms with E-state index in [1.807, 2.05) is 12.1 Å². The summed E-state index contributed by atoms with van der Waals surface area (Å²) in [5.74, 6) is 0.980. The van der Waals surface area contributed by atoms with Gasteiger partial charge in [-0.3, -0.25) is 24.7 Å². The quantitative estimate of drug-likeness (QED) is 0.535. The number of amides is 1. The second kappa shape index (κ2) is 8.71. The fourth-order valence-electron chi connectivity index (χ4n) is 3.50. The fourth-order valence-corrected chi connectivity index (χ4v) is 3.50. The van der Waals surface area contributed by atoms with Crippen molar-refractivity contribution in [1.82, 2.24) is 20.1 Å². The molecule has 1 aromatic carbocycles. The molecule has 4 rings (SSSR count). The second-order valence-electron chi connectivity index (χ2n) is 7.72. The van der Waals surface area contributed by atoms with Crippen LogP contribution in [0.15, 0.2) is 34.9 Å². The summed E-state index contributed by atoms with van der Waals surface area (Å²) in [4.78, 5) is 31.7. The van der Waals surface area contributed by atoms with Crippen LogP contribution in [-0.2, 0) is 13.1 Å². The molecule has 2 aliphatic rings. The number of benzene rings is 1. The van der Waals surface area contributed by atoms with Crippen LogP contribution >= 0.6 is 0 Å². The Morgan fingerprint density at radius 3 is 2.55 bits per heavy atom. The Hall–Kier alpha value is -2.78. The molecule has 1 N–H and O–H groups in total. The number of hydrogen-bond donors (Lipinski definition) is 1. The number of piperazine rings is 1. The van der Waals surface area contributed by atoms with Gasteiger partial charge in [-0.25, -0.2) is 4.98 Å². The third-order valence-electron chi connectivity index (χ3n) is 5.44. The van der Waals surface area contributed by atoms with Gasteiger partial charge < -0.3 is 9.73 Å². The van der Waals surface area contributed by atoms with Crippen molar-refractivity contribution in [2.24, 2.45) is 5.92 Å². The largest absolute Gasteiger partial charge is 0.447 e. The molecule has 154 valence electrons. The molecular formula is C20H25N5O4. The van der Waals surface area contributed by atoms with Crippen LogP contribution in [0.3, 0.4) is 0 Å². The van der Waals surface area contributed by atoms with Gasteiger partial charge in [0.1, 0.15) is 6.26 Å². The lowest BCUT2D eigenvalue weighted by Gasteiger charge is -2.33. The Labute approximate surface area is 168 Å². The van der Waals surface area contributed by atoms with E-state index in [1.165, 1.54) is 19.1 Å². The minimum Gasteiger partial charge on any atom is -0.447 e. The topological polar surface area (TPSA) is 105 Å². The van der Waals surface area contributed by atoms with Crippen LogP contribution in [0.1, 0.15) is 34.8 Å². The minimum absolute atomic E-state index is 0.169. The van der Waals surface area contributed by atoms with Crippen molar-refractivity contribution in [1.29, 1.82) is 0 Å². The summed E-state index contributed by atoms with van der Waals surface area (Å²) in [6.45, 7) is 5.06. The van der Waals surface area contributed by atoms with Gasteiger partial charge in [0.05, 0.1) is 11.5 Å². The number of aromatic nitrogens is 1. The van der Waals surface area contributed by atoms with Crippen molar-refractivity contribution in [2.75, 3.05) is 32.7 Å². The van der Waals surface area contributed by atoms with Gasteiger partial charge in [0.15, 0.2) is 5.69 Å². The van der Waals surface area contributed by atoms with Gasteiger partial charge in [-0.2, -0.15) is 0 Å². The van der Waals surface area contributed by atoms with Crippen LogP contribution in [0, 0.1) is 16.0 Å². The lowest BCUT2D eigenvalue weighted by atomic mass is 10.1. The average molecular weight is 399 g/mol. The monoisotopic (exact) mass is 399 g/mol. The van der Waals surface area contributed by atoms with E-state index in [0.717, 1.165) is 31.7 Å².